The molecule has 8 heteroatoms. The molecule has 2 amide bonds. The van der Waals surface area contributed by atoms with Crippen LogP contribution in [0.3, 0.4) is 0 Å². The number of hydrogen-bond donors (Lipinski definition) is 2. The fraction of sp³-hybridized carbons (Fsp3) is 0.333. The largest absolute Gasteiger partial charge is 0.469 e. The normalized spacial score (nSPS) is 12.0. The maximum atomic E-state index is 12.5. The number of carbonyl (C=O) groups excluding carboxylic acids is 2. The molecular formula is C21H24N4O3S. The standard InChI is InChI=1S/C21H24N4O3S/c1-13(2)10-18-24-25-21(29-18)20(27)23-16-7-4-6-15(12-16)19(26)22-14(3)11-17-8-5-9-28-17/h4-9,12-14H,10-11H2,1-3H3,(H,22,26)(H,23,27)/t14-/m0/s1. The maximum Gasteiger partial charge on any atom is 0.286 e. The van der Waals surface area contributed by atoms with Crippen molar-refractivity contribution in [3.63, 3.8) is 0 Å². The maximum absolute atomic E-state index is 12.5. The third kappa shape index (κ3) is 5.99. The van der Waals surface area contributed by atoms with E-state index in [0.29, 0.717) is 28.6 Å². The Bertz CT molecular complexity index is 966. The number of hydrogen-bond acceptors (Lipinski definition) is 6. The lowest BCUT2D eigenvalue weighted by atomic mass is 10.1. The van der Waals surface area contributed by atoms with Gasteiger partial charge in [0.1, 0.15) is 10.8 Å². The first-order valence-corrected chi connectivity index (χ1v) is 10.3. The molecule has 0 spiro atoms. The van der Waals surface area contributed by atoms with Crippen LogP contribution >= 0.6 is 11.3 Å². The molecular weight excluding hydrogens is 388 g/mol. The highest BCUT2D eigenvalue weighted by atomic mass is 32.1. The number of benzene rings is 1. The third-order valence-electron chi connectivity index (χ3n) is 4.09. The zero-order valence-corrected chi connectivity index (χ0v) is 17.5. The van der Waals surface area contributed by atoms with E-state index in [1.54, 1.807) is 30.5 Å². The summed E-state index contributed by atoms with van der Waals surface area (Å²) in [6, 6.07) is 10.4. The molecule has 2 heterocycles. The van der Waals surface area contributed by atoms with E-state index in [2.05, 4.69) is 34.7 Å². The van der Waals surface area contributed by atoms with E-state index in [9.17, 15) is 9.59 Å². The van der Waals surface area contributed by atoms with Gasteiger partial charge in [-0.1, -0.05) is 31.3 Å². The van der Waals surface area contributed by atoms with Crippen molar-refractivity contribution in [1.29, 1.82) is 0 Å². The highest BCUT2D eigenvalue weighted by Crippen LogP contribution is 2.17. The summed E-state index contributed by atoms with van der Waals surface area (Å²) in [6.07, 6.45) is 3.00. The van der Waals surface area contributed by atoms with Crippen LogP contribution in [-0.4, -0.2) is 28.1 Å². The molecule has 2 N–H and O–H groups in total. The predicted molar refractivity (Wildman–Crippen MR) is 112 cm³/mol. The molecule has 0 aliphatic carbocycles. The number of anilines is 1. The molecule has 29 heavy (non-hydrogen) atoms. The van der Waals surface area contributed by atoms with E-state index in [1.807, 2.05) is 19.1 Å². The van der Waals surface area contributed by atoms with Crippen LogP contribution in [0.25, 0.3) is 0 Å². The lowest BCUT2D eigenvalue weighted by Crippen LogP contribution is -2.34. The quantitative estimate of drug-likeness (QED) is 0.584. The minimum atomic E-state index is -0.332. The second-order valence-electron chi connectivity index (χ2n) is 7.29. The number of aromatic nitrogens is 2. The predicted octanol–water partition coefficient (Wildman–Crippen LogP) is 3.94. The highest BCUT2D eigenvalue weighted by Gasteiger charge is 2.16. The van der Waals surface area contributed by atoms with Gasteiger partial charge in [-0.3, -0.25) is 9.59 Å². The third-order valence-corrected chi connectivity index (χ3v) is 5.04. The van der Waals surface area contributed by atoms with E-state index < -0.39 is 0 Å². The summed E-state index contributed by atoms with van der Waals surface area (Å²) in [7, 11) is 0. The van der Waals surface area contributed by atoms with E-state index >= 15 is 0 Å². The summed E-state index contributed by atoms with van der Waals surface area (Å²) in [5.74, 6) is 0.716. The van der Waals surface area contributed by atoms with Gasteiger partial charge >= 0.3 is 0 Å². The number of nitrogens with one attached hydrogen (secondary N) is 2. The van der Waals surface area contributed by atoms with Gasteiger partial charge in [0.25, 0.3) is 11.8 Å². The van der Waals surface area contributed by atoms with Gasteiger partial charge in [0.2, 0.25) is 5.01 Å². The minimum Gasteiger partial charge on any atom is -0.469 e. The van der Waals surface area contributed by atoms with Gasteiger partial charge in [0.15, 0.2) is 0 Å². The van der Waals surface area contributed by atoms with Gasteiger partial charge in [-0.15, -0.1) is 10.2 Å². The Hall–Kier alpha value is -3.00. The molecule has 0 aliphatic heterocycles. The van der Waals surface area contributed by atoms with Crippen molar-refractivity contribution in [3.8, 4) is 0 Å². The van der Waals surface area contributed by atoms with Crippen LogP contribution in [0.1, 0.15) is 51.7 Å². The lowest BCUT2D eigenvalue weighted by Gasteiger charge is -2.13. The van der Waals surface area contributed by atoms with Gasteiger partial charge in [0, 0.05) is 30.1 Å². The van der Waals surface area contributed by atoms with Crippen LogP contribution in [-0.2, 0) is 12.8 Å². The Morgan fingerprint density at radius 3 is 2.62 bits per heavy atom. The molecule has 1 atom stereocenters. The topological polar surface area (TPSA) is 97.1 Å². The van der Waals surface area contributed by atoms with E-state index in [1.165, 1.54) is 11.3 Å². The number of furan rings is 1. The summed E-state index contributed by atoms with van der Waals surface area (Å²) in [4.78, 5) is 25.0. The SMILES string of the molecule is CC(C)Cc1nnc(C(=O)Nc2cccc(C(=O)N[C@@H](C)Cc3ccco3)c2)s1. The Balaban J connectivity index is 1.60. The lowest BCUT2D eigenvalue weighted by molar-refractivity contribution is 0.0938. The molecule has 0 bridgehead atoms. The summed E-state index contributed by atoms with van der Waals surface area (Å²) >= 11 is 1.29. The average Bonchev–Trinajstić information content (AvgIpc) is 3.33. The number of rotatable bonds is 8. The molecule has 7 nitrogen and oxygen atoms in total. The van der Waals surface area contributed by atoms with E-state index in [4.69, 9.17) is 4.42 Å². The molecule has 2 aromatic heterocycles. The highest BCUT2D eigenvalue weighted by molar-refractivity contribution is 7.13. The Labute approximate surface area is 173 Å². The van der Waals surface area contributed by atoms with Gasteiger partial charge in [-0.25, -0.2) is 0 Å². The molecule has 0 saturated heterocycles. The zero-order chi connectivity index (χ0) is 20.8. The van der Waals surface area contributed by atoms with Crippen LogP contribution in [0.2, 0.25) is 0 Å². The van der Waals surface area contributed by atoms with Gasteiger partial charge in [0.05, 0.1) is 6.26 Å². The van der Waals surface area contributed by atoms with Crippen LogP contribution in [0.5, 0.6) is 0 Å². The van der Waals surface area contributed by atoms with Crippen molar-refractivity contribution >= 4 is 28.8 Å². The summed E-state index contributed by atoms with van der Waals surface area (Å²) in [5, 5.41) is 14.9. The van der Waals surface area contributed by atoms with Crippen molar-refractivity contribution in [2.24, 2.45) is 5.92 Å². The summed E-state index contributed by atoms with van der Waals surface area (Å²) < 4.78 is 5.31. The molecule has 0 unspecified atom stereocenters. The zero-order valence-electron chi connectivity index (χ0n) is 16.6. The summed E-state index contributed by atoms with van der Waals surface area (Å²) in [6.45, 7) is 6.09. The van der Waals surface area contributed by atoms with Crippen molar-refractivity contribution < 1.29 is 14.0 Å². The van der Waals surface area contributed by atoms with Crippen molar-refractivity contribution in [2.45, 2.75) is 39.7 Å². The summed E-state index contributed by atoms with van der Waals surface area (Å²) in [5.41, 5.74) is 0.994. The molecule has 1 aromatic carbocycles. The minimum absolute atomic E-state index is 0.0901. The fourth-order valence-electron chi connectivity index (χ4n) is 2.79. The molecule has 0 saturated carbocycles. The Morgan fingerprint density at radius 1 is 1.07 bits per heavy atom. The van der Waals surface area contributed by atoms with E-state index in [0.717, 1.165) is 17.2 Å². The Kier molecular flexibility index (Phi) is 6.77. The van der Waals surface area contributed by atoms with Crippen LogP contribution in [0, 0.1) is 5.92 Å². The number of nitrogens with zero attached hydrogens (tertiary/aromatic N) is 2. The monoisotopic (exact) mass is 412 g/mol. The van der Waals surface area contributed by atoms with Crippen molar-refractivity contribution in [1.82, 2.24) is 15.5 Å². The van der Waals surface area contributed by atoms with Crippen molar-refractivity contribution in [3.05, 3.63) is 64.0 Å². The molecule has 3 rings (SSSR count). The van der Waals surface area contributed by atoms with Crippen molar-refractivity contribution in [2.75, 3.05) is 5.32 Å². The van der Waals surface area contributed by atoms with Gasteiger partial charge < -0.3 is 15.1 Å². The van der Waals surface area contributed by atoms with Crippen LogP contribution in [0.4, 0.5) is 5.69 Å². The number of amides is 2. The first-order chi connectivity index (χ1) is 13.9. The molecule has 3 aromatic rings. The second kappa shape index (κ2) is 9.47. The van der Waals surface area contributed by atoms with Gasteiger partial charge in [-0.05, 0) is 43.2 Å². The van der Waals surface area contributed by atoms with E-state index in [-0.39, 0.29) is 17.9 Å². The van der Waals surface area contributed by atoms with Gasteiger partial charge in [-0.2, -0.15) is 0 Å². The molecule has 0 aliphatic rings. The van der Waals surface area contributed by atoms with Crippen LogP contribution in [0.15, 0.2) is 47.1 Å². The molecule has 0 fully saturated rings. The smallest absolute Gasteiger partial charge is 0.286 e. The molecule has 152 valence electrons. The first-order valence-electron chi connectivity index (χ1n) is 9.47. The number of carbonyl (C=O) groups is 2. The molecule has 0 radical (unpaired) electrons. The average molecular weight is 413 g/mol. The van der Waals surface area contributed by atoms with Crippen LogP contribution < -0.4 is 10.6 Å². The fourth-order valence-corrected chi connectivity index (χ4v) is 3.74. The second-order valence-corrected chi connectivity index (χ2v) is 8.35. The Morgan fingerprint density at radius 2 is 1.90 bits per heavy atom. The first kappa shape index (κ1) is 20.7.